The summed E-state index contributed by atoms with van der Waals surface area (Å²) in [6, 6.07) is 8.20. The zero-order valence-electron chi connectivity index (χ0n) is 9.86. The maximum Gasteiger partial charge on any atom is 0.323 e. The van der Waals surface area contributed by atoms with Gasteiger partial charge in [-0.05, 0) is 36.1 Å². The van der Waals surface area contributed by atoms with Crippen molar-refractivity contribution in [3.8, 4) is 0 Å². The molecule has 18 heavy (non-hydrogen) atoms. The molecule has 1 atom stereocenters. The molecule has 0 bridgehead atoms. The predicted octanol–water partition coefficient (Wildman–Crippen LogP) is 3.09. The van der Waals surface area contributed by atoms with Crippen molar-refractivity contribution in [2.24, 2.45) is 0 Å². The molecule has 0 fully saturated rings. The molecule has 0 saturated heterocycles. The Bertz CT molecular complexity index is 711. The van der Waals surface area contributed by atoms with Crippen LogP contribution in [0.4, 0.5) is 5.69 Å². The summed E-state index contributed by atoms with van der Waals surface area (Å²) in [5, 5.41) is 7.54. The van der Waals surface area contributed by atoms with Gasteiger partial charge in [0.15, 0.2) is 0 Å². The molecular formula is C13H13N3OS. The number of benzene rings is 1. The normalized spacial score (nSPS) is 12.7. The lowest BCUT2D eigenvalue weighted by Gasteiger charge is -2.14. The van der Waals surface area contributed by atoms with E-state index in [1.807, 2.05) is 23.6 Å². The van der Waals surface area contributed by atoms with Crippen LogP contribution in [0.1, 0.15) is 18.5 Å². The predicted molar refractivity (Wildman–Crippen MR) is 75.3 cm³/mol. The quantitative estimate of drug-likeness (QED) is 0.677. The number of aromatic nitrogens is 2. The van der Waals surface area contributed by atoms with E-state index in [4.69, 9.17) is 0 Å². The molecule has 0 radical (unpaired) electrons. The van der Waals surface area contributed by atoms with E-state index in [1.54, 1.807) is 11.3 Å². The SMILES string of the molecule is CC(Nc1ccsc1)c1ccc2[nH]c(=O)[nH]c2c1. The van der Waals surface area contributed by atoms with Gasteiger partial charge in [-0.15, -0.1) is 0 Å². The van der Waals surface area contributed by atoms with Gasteiger partial charge >= 0.3 is 5.69 Å². The minimum atomic E-state index is -0.166. The van der Waals surface area contributed by atoms with Gasteiger partial charge in [0.25, 0.3) is 0 Å². The average Bonchev–Trinajstić information content (AvgIpc) is 2.95. The van der Waals surface area contributed by atoms with Gasteiger partial charge in [-0.1, -0.05) is 6.07 Å². The Balaban J connectivity index is 1.91. The molecule has 1 unspecified atom stereocenters. The third-order valence-electron chi connectivity index (χ3n) is 2.94. The summed E-state index contributed by atoms with van der Waals surface area (Å²) >= 11 is 1.67. The molecule has 0 aliphatic heterocycles. The van der Waals surface area contributed by atoms with E-state index in [0.717, 1.165) is 22.3 Å². The van der Waals surface area contributed by atoms with Gasteiger partial charge < -0.3 is 15.3 Å². The lowest BCUT2D eigenvalue weighted by Crippen LogP contribution is -2.05. The highest BCUT2D eigenvalue weighted by Gasteiger charge is 2.07. The third-order valence-corrected chi connectivity index (χ3v) is 3.63. The third kappa shape index (κ3) is 2.04. The van der Waals surface area contributed by atoms with Crippen molar-refractivity contribution in [2.45, 2.75) is 13.0 Å². The number of H-pyrrole nitrogens is 2. The number of aromatic amines is 2. The molecule has 2 aromatic heterocycles. The zero-order chi connectivity index (χ0) is 12.5. The Morgan fingerprint density at radius 3 is 2.83 bits per heavy atom. The Morgan fingerprint density at radius 1 is 1.22 bits per heavy atom. The number of nitrogens with one attached hydrogen (secondary N) is 3. The molecule has 3 rings (SSSR count). The summed E-state index contributed by atoms with van der Waals surface area (Å²) in [6.45, 7) is 2.10. The maximum absolute atomic E-state index is 11.2. The molecule has 3 N–H and O–H groups in total. The summed E-state index contributed by atoms with van der Waals surface area (Å²) < 4.78 is 0. The highest BCUT2D eigenvalue weighted by molar-refractivity contribution is 7.08. The number of rotatable bonds is 3. The molecule has 0 saturated carbocycles. The Hall–Kier alpha value is -2.01. The van der Waals surface area contributed by atoms with Gasteiger partial charge in [-0.3, -0.25) is 0 Å². The van der Waals surface area contributed by atoms with Crippen LogP contribution in [0.3, 0.4) is 0 Å². The summed E-state index contributed by atoms with van der Waals surface area (Å²) in [6.07, 6.45) is 0. The van der Waals surface area contributed by atoms with Crippen LogP contribution in [-0.4, -0.2) is 9.97 Å². The molecule has 4 nitrogen and oxygen atoms in total. The lowest BCUT2D eigenvalue weighted by molar-refractivity contribution is 0.887. The van der Waals surface area contributed by atoms with E-state index in [2.05, 4.69) is 33.7 Å². The molecule has 5 heteroatoms. The van der Waals surface area contributed by atoms with E-state index in [9.17, 15) is 4.79 Å². The molecule has 0 aliphatic carbocycles. The smallest absolute Gasteiger partial charge is 0.323 e. The first-order chi connectivity index (χ1) is 8.72. The number of hydrogen-bond acceptors (Lipinski definition) is 3. The summed E-state index contributed by atoms with van der Waals surface area (Å²) in [5.41, 5.74) is 3.78. The topological polar surface area (TPSA) is 60.7 Å². The van der Waals surface area contributed by atoms with Gasteiger partial charge in [0.05, 0.1) is 11.0 Å². The van der Waals surface area contributed by atoms with Gasteiger partial charge in [-0.2, -0.15) is 11.3 Å². The van der Waals surface area contributed by atoms with Crippen LogP contribution >= 0.6 is 11.3 Å². The fourth-order valence-electron chi connectivity index (χ4n) is 2.00. The molecular weight excluding hydrogens is 246 g/mol. The van der Waals surface area contributed by atoms with Crippen molar-refractivity contribution in [1.82, 2.24) is 9.97 Å². The fraction of sp³-hybridized carbons (Fsp3) is 0.154. The second kappa shape index (κ2) is 4.34. The van der Waals surface area contributed by atoms with Crippen LogP contribution in [0.15, 0.2) is 39.8 Å². The Labute approximate surface area is 108 Å². The molecule has 0 amide bonds. The van der Waals surface area contributed by atoms with Gasteiger partial charge in [-0.25, -0.2) is 4.79 Å². The van der Waals surface area contributed by atoms with Crippen molar-refractivity contribution in [2.75, 3.05) is 5.32 Å². The molecule has 0 aliphatic rings. The van der Waals surface area contributed by atoms with Crippen molar-refractivity contribution in [1.29, 1.82) is 0 Å². The van der Waals surface area contributed by atoms with E-state index < -0.39 is 0 Å². The number of thiophene rings is 1. The molecule has 3 aromatic rings. The largest absolute Gasteiger partial charge is 0.378 e. The minimum Gasteiger partial charge on any atom is -0.378 e. The van der Waals surface area contributed by atoms with Gasteiger partial charge in [0.1, 0.15) is 0 Å². The Kier molecular flexibility index (Phi) is 2.68. The molecule has 92 valence electrons. The Morgan fingerprint density at radius 2 is 2.06 bits per heavy atom. The van der Waals surface area contributed by atoms with Crippen molar-refractivity contribution < 1.29 is 0 Å². The van der Waals surface area contributed by atoms with Crippen LogP contribution in [0.5, 0.6) is 0 Å². The monoisotopic (exact) mass is 259 g/mol. The van der Waals surface area contributed by atoms with Crippen molar-refractivity contribution >= 4 is 28.1 Å². The first kappa shape index (κ1) is 11.1. The van der Waals surface area contributed by atoms with Crippen LogP contribution < -0.4 is 11.0 Å². The maximum atomic E-state index is 11.2. The van der Waals surface area contributed by atoms with Crippen LogP contribution in [0, 0.1) is 0 Å². The van der Waals surface area contributed by atoms with Crippen molar-refractivity contribution in [3.05, 3.63) is 51.1 Å². The van der Waals surface area contributed by atoms with Crippen molar-refractivity contribution in [3.63, 3.8) is 0 Å². The van der Waals surface area contributed by atoms with E-state index >= 15 is 0 Å². The first-order valence-electron chi connectivity index (χ1n) is 5.73. The van der Waals surface area contributed by atoms with E-state index in [0.29, 0.717) is 0 Å². The summed E-state index contributed by atoms with van der Waals surface area (Å²) in [5.74, 6) is 0. The number of imidazole rings is 1. The number of fused-ring (bicyclic) bond motifs is 1. The summed E-state index contributed by atoms with van der Waals surface area (Å²) in [7, 11) is 0. The van der Waals surface area contributed by atoms with E-state index in [1.165, 1.54) is 0 Å². The molecule has 2 heterocycles. The van der Waals surface area contributed by atoms with Crippen LogP contribution in [0.2, 0.25) is 0 Å². The number of hydrogen-bond donors (Lipinski definition) is 3. The zero-order valence-corrected chi connectivity index (χ0v) is 10.7. The summed E-state index contributed by atoms with van der Waals surface area (Å²) in [4.78, 5) is 16.7. The second-order valence-corrected chi connectivity index (χ2v) is 5.04. The van der Waals surface area contributed by atoms with Crippen LogP contribution in [0.25, 0.3) is 11.0 Å². The average molecular weight is 259 g/mol. The van der Waals surface area contributed by atoms with E-state index in [-0.39, 0.29) is 11.7 Å². The fourth-order valence-corrected chi connectivity index (χ4v) is 2.60. The highest BCUT2D eigenvalue weighted by atomic mass is 32.1. The van der Waals surface area contributed by atoms with Gasteiger partial charge in [0.2, 0.25) is 0 Å². The first-order valence-corrected chi connectivity index (χ1v) is 6.67. The highest BCUT2D eigenvalue weighted by Crippen LogP contribution is 2.22. The lowest BCUT2D eigenvalue weighted by atomic mass is 10.1. The van der Waals surface area contributed by atoms with Gasteiger partial charge in [0, 0.05) is 17.1 Å². The number of anilines is 1. The molecule has 0 spiro atoms. The second-order valence-electron chi connectivity index (χ2n) is 4.26. The van der Waals surface area contributed by atoms with Crippen LogP contribution in [-0.2, 0) is 0 Å². The molecule has 1 aromatic carbocycles. The minimum absolute atomic E-state index is 0.166. The standard InChI is InChI=1S/C13H13N3OS/c1-8(14-10-4-5-18-7-10)9-2-3-11-12(6-9)16-13(17)15-11/h2-8,14H,1H3,(H2,15,16,17).